The molecule has 0 aliphatic carbocycles. The van der Waals surface area contributed by atoms with Gasteiger partial charge in [-0.05, 0) is 81.3 Å². The Morgan fingerprint density at radius 2 is 1.59 bits per heavy atom. The summed E-state index contributed by atoms with van der Waals surface area (Å²) >= 11 is 0. The Bertz CT molecular complexity index is 1200. The fourth-order valence-corrected chi connectivity index (χ4v) is 6.08. The SMILES string of the molecule is CCC(=O)NC(C)c1cc(F)ccc1C1CCN(C(=O)[C@@H]2CN(C(C)(C)C)C[C@H]2c2ccc(F)cc2F)CC1. The number of nitrogens with one attached hydrogen (secondary N) is 1. The summed E-state index contributed by atoms with van der Waals surface area (Å²) in [5.74, 6) is -2.33. The molecule has 39 heavy (non-hydrogen) atoms. The third-order valence-corrected chi connectivity index (χ3v) is 8.41. The normalized spacial score (nSPS) is 21.7. The molecule has 5 nitrogen and oxygen atoms in total. The molecule has 212 valence electrons. The van der Waals surface area contributed by atoms with Crippen LogP contribution < -0.4 is 5.32 Å². The van der Waals surface area contributed by atoms with Gasteiger partial charge in [-0.25, -0.2) is 13.2 Å². The van der Waals surface area contributed by atoms with Crippen molar-refractivity contribution in [2.75, 3.05) is 26.2 Å². The lowest BCUT2D eigenvalue weighted by molar-refractivity contribution is -0.136. The second-order valence-corrected chi connectivity index (χ2v) is 12.0. The van der Waals surface area contributed by atoms with Crippen LogP contribution in [0, 0.1) is 23.4 Å². The summed E-state index contributed by atoms with van der Waals surface area (Å²) in [5, 5.41) is 2.93. The molecule has 0 aromatic heterocycles. The Balaban J connectivity index is 1.51. The van der Waals surface area contributed by atoms with E-state index in [9.17, 15) is 22.8 Å². The van der Waals surface area contributed by atoms with Gasteiger partial charge in [0.05, 0.1) is 12.0 Å². The Labute approximate surface area is 229 Å². The van der Waals surface area contributed by atoms with Gasteiger partial charge in [-0.1, -0.05) is 19.1 Å². The lowest BCUT2D eigenvalue weighted by Crippen LogP contribution is -2.44. The van der Waals surface area contributed by atoms with Crippen molar-refractivity contribution in [3.63, 3.8) is 0 Å². The van der Waals surface area contributed by atoms with Gasteiger partial charge in [-0.2, -0.15) is 0 Å². The average Bonchev–Trinajstić information content (AvgIpc) is 3.34. The number of piperidine rings is 1. The monoisotopic (exact) mass is 543 g/mol. The van der Waals surface area contributed by atoms with E-state index in [0.717, 1.165) is 17.2 Å². The predicted octanol–water partition coefficient (Wildman–Crippen LogP) is 5.91. The van der Waals surface area contributed by atoms with Gasteiger partial charge in [0, 0.05) is 50.1 Å². The molecule has 0 radical (unpaired) electrons. The molecule has 4 rings (SSSR count). The second-order valence-electron chi connectivity index (χ2n) is 12.0. The quantitative estimate of drug-likeness (QED) is 0.493. The van der Waals surface area contributed by atoms with Crippen LogP contribution in [0.4, 0.5) is 13.2 Å². The number of carbonyl (C=O) groups excluding carboxylic acids is 2. The number of benzene rings is 2. The van der Waals surface area contributed by atoms with Gasteiger partial charge in [-0.15, -0.1) is 0 Å². The fraction of sp³-hybridized carbons (Fsp3) is 0.548. The van der Waals surface area contributed by atoms with Crippen molar-refractivity contribution in [2.45, 2.75) is 77.3 Å². The summed E-state index contributed by atoms with van der Waals surface area (Å²) in [6.45, 7) is 12.0. The zero-order valence-corrected chi connectivity index (χ0v) is 23.6. The summed E-state index contributed by atoms with van der Waals surface area (Å²) in [5.41, 5.74) is 1.96. The van der Waals surface area contributed by atoms with Gasteiger partial charge < -0.3 is 10.2 Å². The molecule has 8 heteroatoms. The number of rotatable bonds is 6. The van der Waals surface area contributed by atoms with E-state index in [1.165, 1.54) is 24.3 Å². The van der Waals surface area contributed by atoms with Crippen LogP contribution in [0.5, 0.6) is 0 Å². The van der Waals surface area contributed by atoms with E-state index >= 15 is 0 Å². The first-order valence-electron chi connectivity index (χ1n) is 14.0. The molecule has 0 saturated carbocycles. The summed E-state index contributed by atoms with van der Waals surface area (Å²) in [6.07, 6.45) is 1.78. The Hall–Kier alpha value is -2.87. The first-order chi connectivity index (χ1) is 18.4. The van der Waals surface area contributed by atoms with Gasteiger partial charge in [0.2, 0.25) is 11.8 Å². The van der Waals surface area contributed by atoms with Crippen LogP contribution >= 0.6 is 0 Å². The van der Waals surface area contributed by atoms with Crippen molar-refractivity contribution in [1.29, 1.82) is 0 Å². The molecule has 1 N–H and O–H groups in total. The minimum absolute atomic E-state index is 0.00293. The highest BCUT2D eigenvalue weighted by Crippen LogP contribution is 2.40. The third kappa shape index (κ3) is 6.48. The number of amides is 2. The first kappa shape index (κ1) is 29.1. The molecule has 2 aromatic rings. The molecule has 0 spiro atoms. The van der Waals surface area contributed by atoms with Gasteiger partial charge in [0.1, 0.15) is 17.5 Å². The van der Waals surface area contributed by atoms with E-state index in [1.54, 1.807) is 13.0 Å². The van der Waals surface area contributed by atoms with Gasteiger partial charge >= 0.3 is 0 Å². The Morgan fingerprint density at radius 3 is 2.18 bits per heavy atom. The van der Waals surface area contributed by atoms with E-state index in [4.69, 9.17) is 0 Å². The van der Waals surface area contributed by atoms with Gasteiger partial charge in [0.25, 0.3) is 0 Å². The molecule has 2 aliphatic rings. The maximum atomic E-state index is 14.8. The number of hydrogen-bond acceptors (Lipinski definition) is 3. The van der Waals surface area contributed by atoms with Crippen molar-refractivity contribution in [3.8, 4) is 0 Å². The van der Waals surface area contributed by atoms with Crippen LogP contribution in [-0.4, -0.2) is 53.3 Å². The van der Waals surface area contributed by atoms with Crippen molar-refractivity contribution >= 4 is 11.8 Å². The second kappa shape index (κ2) is 11.7. The maximum Gasteiger partial charge on any atom is 0.227 e. The van der Waals surface area contributed by atoms with E-state index < -0.39 is 17.6 Å². The molecule has 1 unspecified atom stereocenters. The largest absolute Gasteiger partial charge is 0.350 e. The van der Waals surface area contributed by atoms with E-state index in [0.29, 0.717) is 51.0 Å². The Kier molecular flexibility index (Phi) is 8.74. The summed E-state index contributed by atoms with van der Waals surface area (Å²) in [7, 11) is 0. The zero-order chi connectivity index (χ0) is 28.5. The van der Waals surface area contributed by atoms with E-state index in [2.05, 4.69) is 31.0 Å². The van der Waals surface area contributed by atoms with Crippen LogP contribution in [-0.2, 0) is 9.59 Å². The lowest BCUT2D eigenvalue weighted by atomic mass is 9.83. The van der Waals surface area contributed by atoms with Crippen LogP contribution in [0.15, 0.2) is 36.4 Å². The average molecular weight is 544 g/mol. The zero-order valence-electron chi connectivity index (χ0n) is 23.6. The number of likely N-dealkylation sites (tertiary alicyclic amines) is 2. The van der Waals surface area contributed by atoms with Crippen LogP contribution in [0.25, 0.3) is 0 Å². The highest BCUT2D eigenvalue weighted by atomic mass is 19.1. The maximum absolute atomic E-state index is 14.8. The molecular weight excluding hydrogens is 503 g/mol. The highest BCUT2D eigenvalue weighted by molar-refractivity contribution is 5.81. The molecule has 3 atom stereocenters. The number of hydrogen-bond donors (Lipinski definition) is 1. The first-order valence-corrected chi connectivity index (χ1v) is 14.0. The molecule has 2 fully saturated rings. The third-order valence-electron chi connectivity index (χ3n) is 8.41. The van der Waals surface area contributed by atoms with Crippen molar-refractivity contribution < 1.29 is 22.8 Å². The predicted molar refractivity (Wildman–Crippen MR) is 146 cm³/mol. The molecule has 2 aliphatic heterocycles. The van der Waals surface area contributed by atoms with Crippen molar-refractivity contribution in [3.05, 3.63) is 70.5 Å². The summed E-state index contributed by atoms with van der Waals surface area (Å²) < 4.78 is 42.6. The van der Waals surface area contributed by atoms with Crippen LogP contribution in [0.2, 0.25) is 0 Å². The standard InChI is InChI=1S/C31H40F3N3O2/c1-6-29(38)35-19(2)25-15-21(32)7-9-23(25)20-11-13-36(14-12-20)30(39)27-18-37(31(3,4)5)17-26(27)24-10-8-22(33)16-28(24)34/h7-10,15-16,19-20,26-27H,6,11-14,17-18H2,1-5H3,(H,35,38)/t19?,26-,27+/m0/s1. The Morgan fingerprint density at radius 1 is 0.974 bits per heavy atom. The van der Waals surface area contributed by atoms with Gasteiger partial charge in [0.15, 0.2) is 0 Å². The van der Waals surface area contributed by atoms with Gasteiger partial charge in [-0.3, -0.25) is 14.5 Å². The fourth-order valence-electron chi connectivity index (χ4n) is 6.08. The highest BCUT2D eigenvalue weighted by Gasteiger charge is 2.44. The van der Waals surface area contributed by atoms with E-state index in [1.807, 2.05) is 11.8 Å². The number of halogens is 3. The van der Waals surface area contributed by atoms with E-state index in [-0.39, 0.29) is 41.0 Å². The molecule has 2 amide bonds. The van der Waals surface area contributed by atoms with Crippen molar-refractivity contribution in [1.82, 2.24) is 15.1 Å². The minimum atomic E-state index is -0.629. The molecule has 2 saturated heterocycles. The van der Waals surface area contributed by atoms with Crippen LogP contribution in [0.3, 0.4) is 0 Å². The molecule has 0 bridgehead atoms. The summed E-state index contributed by atoms with van der Waals surface area (Å²) in [6, 6.07) is 8.05. The number of carbonyl (C=O) groups is 2. The van der Waals surface area contributed by atoms with Crippen molar-refractivity contribution in [2.24, 2.45) is 5.92 Å². The number of nitrogens with zero attached hydrogens (tertiary/aromatic N) is 2. The molecule has 2 heterocycles. The summed E-state index contributed by atoms with van der Waals surface area (Å²) in [4.78, 5) is 29.9. The molecule has 2 aromatic carbocycles. The smallest absolute Gasteiger partial charge is 0.227 e. The van der Waals surface area contributed by atoms with Crippen LogP contribution in [0.1, 0.15) is 88.4 Å². The topological polar surface area (TPSA) is 52.7 Å². The minimum Gasteiger partial charge on any atom is -0.350 e. The lowest BCUT2D eigenvalue weighted by Gasteiger charge is -2.36. The molecular formula is C31H40F3N3O2.